The SMILES string of the molecule is COC(=O)CCCCCNC(=O)C1CCCN1S(C)(=O)=O. The zero-order chi connectivity index (χ0) is 15.9. The number of amides is 1. The lowest BCUT2D eigenvalue weighted by molar-refractivity contribution is -0.140. The molecule has 1 amide bonds. The molecule has 0 bridgehead atoms. The third-order valence-electron chi connectivity index (χ3n) is 3.52. The molecule has 0 saturated carbocycles. The van der Waals surface area contributed by atoms with E-state index in [1.165, 1.54) is 11.4 Å². The van der Waals surface area contributed by atoms with Crippen molar-refractivity contribution in [2.45, 2.75) is 44.6 Å². The first-order valence-corrected chi connectivity index (χ1v) is 9.02. The molecule has 0 spiro atoms. The van der Waals surface area contributed by atoms with E-state index in [0.717, 1.165) is 25.5 Å². The first kappa shape index (κ1) is 17.9. The summed E-state index contributed by atoms with van der Waals surface area (Å²) in [6.07, 6.45) is 5.09. The van der Waals surface area contributed by atoms with Gasteiger partial charge in [0.05, 0.1) is 13.4 Å². The molecule has 1 atom stereocenters. The van der Waals surface area contributed by atoms with E-state index in [4.69, 9.17) is 0 Å². The lowest BCUT2D eigenvalue weighted by Gasteiger charge is -2.21. The number of sulfonamides is 1. The van der Waals surface area contributed by atoms with E-state index in [1.807, 2.05) is 0 Å². The van der Waals surface area contributed by atoms with Gasteiger partial charge in [0.15, 0.2) is 0 Å². The lowest BCUT2D eigenvalue weighted by atomic mass is 10.2. The Kier molecular flexibility index (Phi) is 7.10. The maximum atomic E-state index is 12.0. The third-order valence-corrected chi connectivity index (χ3v) is 4.81. The molecule has 1 aliphatic rings. The Labute approximate surface area is 126 Å². The molecule has 1 heterocycles. The Morgan fingerprint density at radius 3 is 2.62 bits per heavy atom. The topological polar surface area (TPSA) is 92.8 Å². The molecule has 8 heteroatoms. The van der Waals surface area contributed by atoms with Gasteiger partial charge in [0.25, 0.3) is 0 Å². The fourth-order valence-electron chi connectivity index (χ4n) is 2.40. The predicted octanol–water partition coefficient (Wildman–Crippen LogP) is 0.260. The van der Waals surface area contributed by atoms with Crippen molar-refractivity contribution in [3.63, 3.8) is 0 Å². The second-order valence-electron chi connectivity index (χ2n) is 5.21. The van der Waals surface area contributed by atoms with Crippen LogP contribution in [0.1, 0.15) is 38.5 Å². The number of unbranched alkanes of at least 4 members (excludes halogenated alkanes) is 2. The largest absolute Gasteiger partial charge is 0.469 e. The van der Waals surface area contributed by atoms with Gasteiger partial charge in [0.2, 0.25) is 15.9 Å². The highest BCUT2D eigenvalue weighted by Crippen LogP contribution is 2.20. The van der Waals surface area contributed by atoms with Crippen molar-refractivity contribution in [1.82, 2.24) is 9.62 Å². The molecule has 1 unspecified atom stereocenters. The van der Waals surface area contributed by atoms with Crippen LogP contribution in [-0.2, 0) is 24.3 Å². The fraction of sp³-hybridized carbons (Fsp3) is 0.846. The summed E-state index contributed by atoms with van der Waals surface area (Å²) in [5, 5.41) is 2.77. The van der Waals surface area contributed by atoms with Crippen molar-refractivity contribution >= 4 is 21.9 Å². The minimum atomic E-state index is -3.33. The van der Waals surface area contributed by atoms with Gasteiger partial charge in [0.1, 0.15) is 6.04 Å². The van der Waals surface area contributed by atoms with Gasteiger partial charge in [0, 0.05) is 19.5 Å². The quantitative estimate of drug-likeness (QED) is 0.511. The molecule has 1 rings (SSSR count). The first-order valence-electron chi connectivity index (χ1n) is 7.17. The molecule has 122 valence electrons. The van der Waals surface area contributed by atoms with Crippen LogP contribution in [0.3, 0.4) is 0 Å². The average Bonchev–Trinajstić information content (AvgIpc) is 2.91. The summed E-state index contributed by atoms with van der Waals surface area (Å²) in [6.45, 7) is 0.907. The number of hydrogen-bond donors (Lipinski definition) is 1. The summed E-state index contributed by atoms with van der Waals surface area (Å²) < 4.78 is 28.9. The van der Waals surface area contributed by atoms with Crippen LogP contribution < -0.4 is 5.32 Å². The molecular weight excluding hydrogens is 296 g/mol. The minimum absolute atomic E-state index is 0.228. The molecular formula is C13H24N2O5S. The second kappa shape index (κ2) is 8.33. The van der Waals surface area contributed by atoms with E-state index in [1.54, 1.807) is 0 Å². The lowest BCUT2D eigenvalue weighted by Crippen LogP contribution is -2.45. The average molecular weight is 320 g/mol. The van der Waals surface area contributed by atoms with Gasteiger partial charge in [-0.3, -0.25) is 9.59 Å². The minimum Gasteiger partial charge on any atom is -0.469 e. The molecule has 1 N–H and O–H groups in total. The number of nitrogens with zero attached hydrogens (tertiary/aromatic N) is 1. The monoisotopic (exact) mass is 320 g/mol. The zero-order valence-corrected chi connectivity index (χ0v) is 13.4. The van der Waals surface area contributed by atoms with Crippen molar-refractivity contribution in [3.05, 3.63) is 0 Å². The van der Waals surface area contributed by atoms with Crippen molar-refractivity contribution in [3.8, 4) is 0 Å². The molecule has 21 heavy (non-hydrogen) atoms. The Morgan fingerprint density at radius 2 is 2.00 bits per heavy atom. The van der Waals surface area contributed by atoms with Crippen LogP contribution in [0, 0.1) is 0 Å². The highest BCUT2D eigenvalue weighted by atomic mass is 32.2. The Morgan fingerprint density at radius 1 is 1.29 bits per heavy atom. The van der Waals surface area contributed by atoms with Crippen LogP contribution in [0.2, 0.25) is 0 Å². The molecule has 1 saturated heterocycles. The Balaban J connectivity index is 2.23. The number of carbonyl (C=O) groups is 2. The molecule has 0 aliphatic carbocycles. The number of methoxy groups -OCH3 is 1. The summed E-state index contributed by atoms with van der Waals surface area (Å²) in [4.78, 5) is 22.9. The molecule has 0 aromatic rings. The van der Waals surface area contributed by atoms with Gasteiger partial charge in [-0.2, -0.15) is 4.31 Å². The first-order chi connectivity index (χ1) is 9.86. The summed E-state index contributed by atoms with van der Waals surface area (Å²) in [7, 11) is -1.97. The van der Waals surface area contributed by atoms with Gasteiger partial charge < -0.3 is 10.1 Å². The number of carbonyl (C=O) groups excluding carboxylic acids is 2. The van der Waals surface area contributed by atoms with Gasteiger partial charge in [-0.05, 0) is 25.7 Å². The number of esters is 1. The molecule has 0 radical (unpaired) electrons. The van der Waals surface area contributed by atoms with Gasteiger partial charge in [-0.1, -0.05) is 6.42 Å². The molecule has 0 aromatic carbocycles. The molecule has 0 aromatic heterocycles. The summed E-state index contributed by atoms with van der Waals surface area (Å²) in [5.74, 6) is -0.459. The van der Waals surface area contributed by atoms with Crippen molar-refractivity contribution in [2.24, 2.45) is 0 Å². The second-order valence-corrected chi connectivity index (χ2v) is 7.14. The van der Waals surface area contributed by atoms with E-state index in [0.29, 0.717) is 32.4 Å². The van der Waals surface area contributed by atoms with E-state index in [-0.39, 0.29) is 11.9 Å². The standard InChI is InChI=1S/C13H24N2O5S/c1-20-12(16)8-4-3-5-9-14-13(17)11-7-6-10-15(11)21(2,18)19/h11H,3-10H2,1-2H3,(H,14,17). The highest BCUT2D eigenvalue weighted by molar-refractivity contribution is 7.88. The van der Waals surface area contributed by atoms with Crippen LogP contribution in [0.25, 0.3) is 0 Å². The maximum Gasteiger partial charge on any atom is 0.305 e. The van der Waals surface area contributed by atoms with Crippen LogP contribution >= 0.6 is 0 Å². The van der Waals surface area contributed by atoms with Crippen molar-refractivity contribution < 1.29 is 22.7 Å². The molecule has 1 fully saturated rings. The summed E-state index contributed by atoms with van der Waals surface area (Å²) >= 11 is 0. The molecule has 1 aliphatic heterocycles. The van der Waals surface area contributed by atoms with Crippen molar-refractivity contribution in [1.29, 1.82) is 0 Å². The Bertz CT molecular complexity index is 463. The van der Waals surface area contributed by atoms with Gasteiger partial charge in [-0.15, -0.1) is 0 Å². The van der Waals surface area contributed by atoms with Gasteiger partial charge in [-0.25, -0.2) is 8.42 Å². The maximum absolute atomic E-state index is 12.0. The molecule has 7 nitrogen and oxygen atoms in total. The van der Waals surface area contributed by atoms with E-state index in [2.05, 4.69) is 10.1 Å². The summed E-state index contributed by atoms with van der Waals surface area (Å²) in [6, 6.07) is -0.574. The van der Waals surface area contributed by atoms with Crippen molar-refractivity contribution in [2.75, 3.05) is 26.5 Å². The van der Waals surface area contributed by atoms with Crippen LogP contribution in [0.15, 0.2) is 0 Å². The highest BCUT2D eigenvalue weighted by Gasteiger charge is 2.36. The number of hydrogen-bond acceptors (Lipinski definition) is 5. The van der Waals surface area contributed by atoms with Crippen LogP contribution in [-0.4, -0.2) is 57.1 Å². The van der Waals surface area contributed by atoms with E-state index >= 15 is 0 Å². The normalized spacial score (nSPS) is 19.4. The predicted molar refractivity (Wildman–Crippen MR) is 78.1 cm³/mol. The van der Waals surface area contributed by atoms with Crippen LogP contribution in [0.4, 0.5) is 0 Å². The fourth-order valence-corrected chi connectivity index (χ4v) is 3.53. The van der Waals surface area contributed by atoms with E-state index in [9.17, 15) is 18.0 Å². The smallest absolute Gasteiger partial charge is 0.305 e. The third kappa shape index (κ3) is 6.01. The Hall–Kier alpha value is -1.15. The van der Waals surface area contributed by atoms with E-state index < -0.39 is 16.1 Å². The number of rotatable bonds is 8. The van der Waals surface area contributed by atoms with Gasteiger partial charge >= 0.3 is 5.97 Å². The van der Waals surface area contributed by atoms with Crippen LogP contribution in [0.5, 0.6) is 0 Å². The zero-order valence-electron chi connectivity index (χ0n) is 12.6. The number of ether oxygens (including phenoxy) is 1. The summed E-state index contributed by atoms with van der Waals surface area (Å²) in [5.41, 5.74) is 0. The number of nitrogens with one attached hydrogen (secondary N) is 1.